The lowest BCUT2D eigenvalue weighted by atomic mass is 10.0. The van der Waals surface area contributed by atoms with Crippen molar-refractivity contribution >= 4 is 29.1 Å². The van der Waals surface area contributed by atoms with Crippen molar-refractivity contribution in [2.24, 2.45) is 0 Å². The molecule has 1 rings (SSSR count). The second-order valence-corrected chi connectivity index (χ2v) is 5.52. The third-order valence-electron chi connectivity index (χ3n) is 3.79. The number of anilines is 1. The molecule has 1 aromatic rings. The molecule has 0 atom stereocenters. The smallest absolute Gasteiger partial charge is 0.266 e. The van der Waals surface area contributed by atoms with Gasteiger partial charge in [0.25, 0.3) is 5.91 Å². The van der Waals surface area contributed by atoms with E-state index in [4.69, 9.17) is 16.4 Å². The Hall–Kier alpha value is -1.59. The average Bonchev–Trinajstić information content (AvgIpc) is 2.62. The van der Waals surface area contributed by atoms with E-state index < -0.39 is 0 Å². The lowest BCUT2D eigenvalue weighted by Gasteiger charge is -2.29. The fourth-order valence-electron chi connectivity index (χ4n) is 2.64. The topological polar surface area (TPSA) is 49.9 Å². The van der Waals surface area contributed by atoms with Gasteiger partial charge in [-0.1, -0.05) is 32.0 Å². The van der Waals surface area contributed by atoms with Crippen LogP contribution in [0.2, 0.25) is 0 Å². The largest absolute Gasteiger partial charge is 0.301 e. The van der Waals surface area contributed by atoms with E-state index in [-0.39, 0.29) is 24.2 Å². The third kappa shape index (κ3) is 4.95. The number of hydrogen-bond acceptors (Lipinski definition) is 3. The Morgan fingerprint density at radius 3 is 2.04 bits per heavy atom. The summed E-state index contributed by atoms with van der Waals surface area (Å²) in [6.07, 6.45) is 1.54. The molecule has 0 spiro atoms. The minimum atomic E-state index is -0.284. The molecule has 0 bridgehead atoms. The van der Waals surface area contributed by atoms with Crippen LogP contribution in [0.5, 0.6) is 0 Å². The van der Waals surface area contributed by atoms with Gasteiger partial charge in [-0.2, -0.15) is 0 Å². The summed E-state index contributed by atoms with van der Waals surface area (Å²) >= 11 is 5.80. The zero-order chi connectivity index (χ0) is 18.1. The standard InChI is InChI=1S/C18H27ClN2O3/c1-5-14-10-9-11-15(6-2)18(14)20(16(22)12-19)13-17(23)21(7-3)24-8-4/h9-11H,5-8,12-13H2,1-4H3. The van der Waals surface area contributed by atoms with Crippen LogP contribution in [0.1, 0.15) is 38.8 Å². The summed E-state index contributed by atoms with van der Waals surface area (Å²) in [5.41, 5.74) is 2.86. The molecule has 2 amide bonds. The number of hydrogen-bond donors (Lipinski definition) is 0. The molecule has 0 N–H and O–H groups in total. The molecule has 24 heavy (non-hydrogen) atoms. The number of carbonyl (C=O) groups excluding carboxylic acids is 2. The van der Waals surface area contributed by atoms with Crippen molar-refractivity contribution in [3.05, 3.63) is 29.3 Å². The average molecular weight is 355 g/mol. The SMILES string of the molecule is CCON(CC)C(=O)CN(C(=O)CCl)c1c(CC)cccc1CC. The van der Waals surface area contributed by atoms with Crippen molar-refractivity contribution < 1.29 is 14.4 Å². The number of likely N-dealkylation sites (N-methyl/N-ethyl adjacent to an activating group) is 1. The summed E-state index contributed by atoms with van der Waals surface area (Å²) in [6, 6.07) is 5.94. The van der Waals surface area contributed by atoms with Gasteiger partial charge in [0.1, 0.15) is 12.4 Å². The van der Waals surface area contributed by atoms with E-state index in [0.717, 1.165) is 29.7 Å². The first kappa shape index (κ1) is 20.5. The predicted octanol–water partition coefficient (Wildman–Crippen LogP) is 3.18. The summed E-state index contributed by atoms with van der Waals surface area (Å²) in [6.45, 7) is 8.45. The minimum Gasteiger partial charge on any atom is -0.301 e. The maximum absolute atomic E-state index is 12.5. The number of benzene rings is 1. The number of para-hydroxylation sites is 1. The molecule has 0 aliphatic carbocycles. The number of carbonyl (C=O) groups is 2. The molecule has 0 saturated heterocycles. The van der Waals surface area contributed by atoms with Gasteiger partial charge in [-0.15, -0.1) is 11.6 Å². The van der Waals surface area contributed by atoms with Crippen molar-refractivity contribution in [1.82, 2.24) is 5.06 Å². The van der Waals surface area contributed by atoms with Gasteiger partial charge in [0.15, 0.2) is 0 Å². The molecule has 0 fully saturated rings. The highest BCUT2D eigenvalue weighted by Crippen LogP contribution is 2.27. The number of aryl methyl sites for hydroxylation is 2. The van der Waals surface area contributed by atoms with E-state index in [1.54, 1.807) is 0 Å². The molecule has 0 heterocycles. The molecule has 5 nitrogen and oxygen atoms in total. The minimum absolute atomic E-state index is 0.0800. The molecular weight excluding hydrogens is 328 g/mol. The Labute approximate surface area is 149 Å². The van der Waals surface area contributed by atoms with Crippen LogP contribution in [-0.2, 0) is 27.3 Å². The molecule has 1 aromatic carbocycles. The number of rotatable bonds is 9. The van der Waals surface area contributed by atoms with Crippen LogP contribution in [0.15, 0.2) is 18.2 Å². The Morgan fingerprint density at radius 2 is 1.62 bits per heavy atom. The zero-order valence-corrected chi connectivity index (χ0v) is 15.7. The summed E-state index contributed by atoms with van der Waals surface area (Å²) in [7, 11) is 0. The molecule has 6 heteroatoms. The maximum Gasteiger partial charge on any atom is 0.266 e. The zero-order valence-electron chi connectivity index (χ0n) is 15.0. The van der Waals surface area contributed by atoms with Crippen molar-refractivity contribution in [3.8, 4) is 0 Å². The quantitative estimate of drug-likeness (QED) is 0.505. The first-order chi connectivity index (χ1) is 11.5. The number of amides is 2. The van der Waals surface area contributed by atoms with Crippen LogP contribution in [-0.4, -0.2) is 42.5 Å². The molecule has 0 radical (unpaired) electrons. The van der Waals surface area contributed by atoms with Gasteiger partial charge in [0.2, 0.25) is 5.91 Å². The van der Waals surface area contributed by atoms with E-state index in [0.29, 0.717) is 13.2 Å². The third-order valence-corrected chi connectivity index (χ3v) is 4.02. The number of alkyl halides is 1. The summed E-state index contributed by atoms with van der Waals surface area (Å²) in [5, 5.41) is 1.29. The van der Waals surface area contributed by atoms with Gasteiger partial charge in [-0.3, -0.25) is 14.4 Å². The van der Waals surface area contributed by atoms with E-state index in [1.807, 2.05) is 45.9 Å². The van der Waals surface area contributed by atoms with E-state index in [2.05, 4.69) is 0 Å². The molecule has 0 saturated carbocycles. The van der Waals surface area contributed by atoms with Crippen LogP contribution in [0, 0.1) is 0 Å². The summed E-state index contributed by atoms with van der Waals surface area (Å²) in [5.74, 6) is -0.714. The molecule has 0 unspecified atom stereocenters. The van der Waals surface area contributed by atoms with E-state index >= 15 is 0 Å². The van der Waals surface area contributed by atoms with Gasteiger partial charge >= 0.3 is 0 Å². The Balaban J connectivity index is 3.24. The Morgan fingerprint density at radius 1 is 1.04 bits per heavy atom. The normalized spacial score (nSPS) is 10.5. The van der Waals surface area contributed by atoms with Crippen LogP contribution >= 0.6 is 11.6 Å². The predicted molar refractivity (Wildman–Crippen MR) is 97.3 cm³/mol. The highest BCUT2D eigenvalue weighted by atomic mass is 35.5. The number of hydroxylamine groups is 2. The highest BCUT2D eigenvalue weighted by Gasteiger charge is 2.25. The number of halogens is 1. The monoisotopic (exact) mass is 354 g/mol. The highest BCUT2D eigenvalue weighted by molar-refractivity contribution is 6.29. The first-order valence-corrected chi connectivity index (χ1v) is 8.97. The van der Waals surface area contributed by atoms with Gasteiger partial charge in [0.05, 0.1) is 12.3 Å². The second-order valence-electron chi connectivity index (χ2n) is 5.25. The van der Waals surface area contributed by atoms with Crippen molar-refractivity contribution in [2.75, 3.05) is 30.5 Å². The van der Waals surface area contributed by atoms with E-state index in [1.165, 1.54) is 9.96 Å². The van der Waals surface area contributed by atoms with Crippen LogP contribution in [0.4, 0.5) is 5.69 Å². The molecule has 0 aliphatic heterocycles. The van der Waals surface area contributed by atoms with Crippen LogP contribution < -0.4 is 4.90 Å². The summed E-state index contributed by atoms with van der Waals surface area (Å²) < 4.78 is 0. The molecule has 0 aromatic heterocycles. The lowest BCUT2D eigenvalue weighted by molar-refractivity contribution is -0.182. The van der Waals surface area contributed by atoms with Gasteiger partial charge < -0.3 is 4.90 Å². The van der Waals surface area contributed by atoms with Gasteiger partial charge in [-0.05, 0) is 37.8 Å². The van der Waals surface area contributed by atoms with Crippen molar-refractivity contribution in [1.29, 1.82) is 0 Å². The van der Waals surface area contributed by atoms with Crippen molar-refractivity contribution in [2.45, 2.75) is 40.5 Å². The van der Waals surface area contributed by atoms with Crippen LogP contribution in [0.25, 0.3) is 0 Å². The van der Waals surface area contributed by atoms with E-state index in [9.17, 15) is 9.59 Å². The molecular formula is C18H27ClN2O3. The van der Waals surface area contributed by atoms with Crippen molar-refractivity contribution in [3.63, 3.8) is 0 Å². The lowest BCUT2D eigenvalue weighted by Crippen LogP contribution is -2.44. The number of nitrogens with zero attached hydrogens (tertiary/aromatic N) is 2. The van der Waals surface area contributed by atoms with Crippen LogP contribution in [0.3, 0.4) is 0 Å². The first-order valence-electron chi connectivity index (χ1n) is 8.44. The fraction of sp³-hybridized carbons (Fsp3) is 0.556. The Kier molecular flexibility index (Phi) is 8.79. The second kappa shape index (κ2) is 10.3. The van der Waals surface area contributed by atoms with Gasteiger partial charge in [0, 0.05) is 6.54 Å². The maximum atomic E-state index is 12.5. The Bertz CT molecular complexity index is 541. The fourth-order valence-corrected chi connectivity index (χ4v) is 2.78. The molecule has 134 valence electrons. The summed E-state index contributed by atoms with van der Waals surface area (Å²) in [4.78, 5) is 31.8. The van der Waals surface area contributed by atoms with Gasteiger partial charge in [-0.25, -0.2) is 5.06 Å². The molecule has 0 aliphatic rings.